The first kappa shape index (κ1) is 20.2. The van der Waals surface area contributed by atoms with Crippen molar-refractivity contribution in [2.45, 2.75) is 6.54 Å². The first-order valence-corrected chi connectivity index (χ1v) is 9.67. The van der Waals surface area contributed by atoms with Gasteiger partial charge in [0.1, 0.15) is 6.54 Å². The molecule has 0 bridgehead atoms. The van der Waals surface area contributed by atoms with Crippen molar-refractivity contribution in [3.63, 3.8) is 0 Å². The Bertz CT molecular complexity index is 1310. The molecule has 0 aliphatic carbocycles. The molecule has 31 heavy (non-hydrogen) atoms. The van der Waals surface area contributed by atoms with Gasteiger partial charge in [-0.3, -0.25) is 9.59 Å². The lowest BCUT2D eigenvalue weighted by Crippen LogP contribution is -2.29. The fourth-order valence-electron chi connectivity index (χ4n) is 3.41. The van der Waals surface area contributed by atoms with Crippen LogP contribution in [0.5, 0.6) is 11.5 Å². The standard InChI is InChI=1S/C24H21N3O4/c1-30-21-12-10-17(14-22(21)31-2)25-23(28)15-27-24(29)13-11-20(26-27)19-9-5-7-16-6-3-4-8-18(16)19/h3-14H,15H2,1-2H3,(H,25,28). The van der Waals surface area contributed by atoms with Crippen molar-refractivity contribution >= 4 is 22.4 Å². The number of ether oxygens (including phenoxy) is 2. The number of methoxy groups -OCH3 is 2. The zero-order valence-corrected chi connectivity index (χ0v) is 17.2. The van der Waals surface area contributed by atoms with E-state index >= 15 is 0 Å². The van der Waals surface area contributed by atoms with Crippen LogP contribution in [0.15, 0.2) is 77.6 Å². The number of hydrogen-bond donors (Lipinski definition) is 1. The second-order valence-electron chi connectivity index (χ2n) is 6.86. The average Bonchev–Trinajstić information content (AvgIpc) is 2.80. The zero-order valence-electron chi connectivity index (χ0n) is 17.2. The van der Waals surface area contributed by atoms with Crippen LogP contribution in [-0.4, -0.2) is 29.9 Å². The van der Waals surface area contributed by atoms with Crippen LogP contribution >= 0.6 is 0 Å². The van der Waals surface area contributed by atoms with Crippen LogP contribution in [0.1, 0.15) is 0 Å². The second kappa shape index (κ2) is 8.71. The Morgan fingerprint density at radius 3 is 2.52 bits per heavy atom. The SMILES string of the molecule is COc1ccc(NC(=O)Cn2nc(-c3cccc4ccccc34)ccc2=O)cc1OC. The lowest BCUT2D eigenvalue weighted by Gasteiger charge is -2.12. The van der Waals surface area contributed by atoms with Gasteiger partial charge in [-0.15, -0.1) is 0 Å². The molecule has 0 radical (unpaired) electrons. The fraction of sp³-hybridized carbons (Fsp3) is 0.125. The molecule has 1 aromatic heterocycles. The van der Waals surface area contributed by atoms with E-state index in [1.807, 2.05) is 42.5 Å². The molecule has 4 rings (SSSR count). The summed E-state index contributed by atoms with van der Waals surface area (Å²) in [6.45, 7) is -0.216. The van der Waals surface area contributed by atoms with Crippen LogP contribution in [0.25, 0.3) is 22.0 Å². The minimum Gasteiger partial charge on any atom is -0.493 e. The van der Waals surface area contributed by atoms with Gasteiger partial charge in [-0.2, -0.15) is 5.10 Å². The number of amides is 1. The van der Waals surface area contributed by atoms with E-state index in [1.165, 1.54) is 20.3 Å². The molecule has 0 aliphatic heterocycles. The Morgan fingerprint density at radius 1 is 0.935 bits per heavy atom. The molecule has 0 saturated carbocycles. The van der Waals surface area contributed by atoms with Gasteiger partial charge in [-0.1, -0.05) is 42.5 Å². The largest absolute Gasteiger partial charge is 0.493 e. The number of rotatable bonds is 6. The number of benzene rings is 3. The summed E-state index contributed by atoms with van der Waals surface area (Å²) in [6.07, 6.45) is 0. The maximum Gasteiger partial charge on any atom is 0.267 e. The molecular formula is C24H21N3O4. The molecule has 0 atom stereocenters. The van der Waals surface area contributed by atoms with E-state index in [0.29, 0.717) is 22.9 Å². The van der Waals surface area contributed by atoms with Crippen molar-refractivity contribution in [3.8, 4) is 22.8 Å². The van der Waals surface area contributed by atoms with Gasteiger partial charge in [0.05, 0.1) is 19.9 Å². The third-order valence-electron chi connectivity index (χ3n) is 4.89. The quantitative estimate of drug-likeness (QED) is 0.519. The topological polar surface area (TPSA) is 82.5 Å². The number of fused-ring (bicyclic) bond motifs is 1. The summed E-state index contributed by atoms with van der Waals surface area (Å²) in [5.41, 5.74) is 1.69. The van der Waals surface area contributed by atoms with Gasteiger partial charge < -0.3 is 14.8 Å². The molecule has 0 aliphatic rings. The van der Waals surface area contributed by atoms with Crippen LogP contribution < -0.4 is 20.3 Å². The van der Waals surface area contributed by atoms with Crippen LogP contribution in [-0.2, 0) is 11.3 Å². The van der Waals surface area contributed by atoms with Crippen LogP contribution in [0, 0.1) is 0 Å². The molecule has 0 spiro atoms. The van der Waals surface area contributed by atoms with Crippen LogP contribution in [0.4, 0.5) is 5.69 Å². The number of carbonyl (C=O) groups is 1. The van der Waals surface area contributed by atoms with Crippen molar-refractivity contribution < 1.29 is 14.3 Å². The first-order chi connectivity index (χ1) is 15.1. The van der Waals surface area contributed by atoms with Gasteiger partial charge in [-0.05, 0) is 29.0 Å². The van der Waals surface area contributed by atoms with Crippen molar-refractivity contribution in [1.82, 2.24) is 9.78 Å². The third kappa shape index (κ3) is 4.25. The summed E-state index contributed by atoms with van der Waals surface area (Å²) < 4.78 is 11.6. The Kier molecular flexibility index (Phi) is 5.66. The van der Waals surface area contributed by atoms with E-state index in [2.05, 4.69) is 10.4 Å². The number of nitrogens with one attached hydrogen (secondary N) is 1. The smallest absolute Gasteiger partial charge is 0.267 e. The molecule has 0 fully saturated rings. The molecule has 7 nitrogen and oxygen atoms in total. The molecule has 4 aromatic rings. The van der Waals surface area contributed by atoms with Gasteiger partial charge in [0.15, 0.2) is 11.5 Å². The summed E-state index contributed by atoms with van der Waals surface area (Å²) in [5.74, 6) is 0.673. The van der Waals surface area contributed by atoms with E-state index in [1.54, 1.807) is 24.3 Å². The maximum atomic E-state index is 12.6. The summed E-state index contributed by atoms with van der Waals surface area (Å²) in [6, 6.07) is 22.0. The molecule has 0 saturated heterocycles. The maximum absolute atomic E-state index is 12.6. The predicted octanol–water partition coefficient (Wildman–Crippen LogP) is 3.72. The predicted molar refractivity (Wildman–Crippen MR) is 120 cm³/mol. The van der Waals surface area contributed by atoms with Crippen LogP contribution in [0.3, 0.4) is 0 Å². The number of hydrogen-bond acceptors (Lipinski definition) is 5. The average molecular weight is 415 g/mol. The van der Waals surface area contributed by atoms with Gasteiger partial charge in [0.25, 0.3) is 5.56 Å². The van der Waals surface area contributed by atoms with Gasteiger partial charge in [-0.25, -0.2) is 4.68 Å². The lowest BCUT2D eigenvalue weighted by molar-refractivity contribution is -0.117. The van der Waals surface area contributed by atoms with Gasteiger partial charge in [0, 0.05) is 23.4 Å². The summed E-state index contributed by atoms with van der Waals surface area (Å²) in [4.78, 5) is 24.9. The fourth-order valence-corrected chi connectivity index (χ4v) is 3.41. The Morgan fingerprint density at radius 2 is 1.71 bits per heavy atom. The third-order valence-corrected chi connectivity index (χ3v) is 4.89. The monoisotopic (exact) mass is 415 g/mol. The molecule has 1 amide bonds. The molecule has 156 valence electrons. The van der Waals surface area contributed by atoms with E-state index in [9.17, 15) is 9.59 Å². The minimum atomic E-state index is -0.378. The number of carbonyl (C=O) groups excluding carboxylic acids is 1. The summed E-state index contributed by atoms with van der Waals surface area (Å²) >= 11 is 0. The number of nitrogens with zero attached hydrogens (tertiary/aromatic N) is 2. The molecular weight excluding hydrogens is 394 g/mol. The van der Waals surface area contributed by atoms with E-state index in [4.69, 9.17) is 9.47 Å². The lowest BCUT2D eigenvalue weighted by atomic mass is 10.0. The van der Waals surface area contributed by atoms with E-state index in [-0.39, 0.29) is 18.0 Å². The highest BCUT2D eigenvalue weighted by Crippen LogP contribution is 2.30. The molecule has 3 aromatic carbocycles. The second-order valence-corrected chi connectivity index (χ2v) is 6.86. The molecule has 7 heteroatoms. The van der Waals surface area contributed by atoms with Crippen LogP contribution in [0.2, 0.25) is 0 Å². The molecule has 1 heterocycles. The van der Waals surface area contributed by atoms with Gasteiger partial charge >= 0.3 is 0 Å². The van der Waals surface area contributed by atoms with Crippen molar-refractivity contribution in [2.24, 2.45) is 0 Å². The van der Waals surface area contributed by atoms with Crippen molar-refractivity contribution in [3.05, 3.63) is 83.2 Å². The zero-order chi connectivity index (χ0) is 21.8. The number of aromatic nitrogens is 2. The summed E-state index contributed by atoms with van der Waals surface area (Å²) in [7, 11) is 3.06. The Hall–Kier alpha value is -4.13. The number of anilines is 1. The highest BCUT2D eigenvalue weighted by atomic mass is 16.5. The molecule has 0 unspecified atom stereocenters. The highest BCUT2D eigenvalue weighted by molar-refractivity contribution is 5.95. The normalized spacial score (nSPS) is 10.6. The Balaban J connectivity index is 1.59. The van der Waals surface area contributed by atoms with Crippen molar-refractivity contribution in [1.29, 1.82) is 0 Å². The van der Waals surface area contributed by atoms with E-state index in [0.717, 1.165) is 21.0 Å². The highest BCUT2D eigenvalue weighted by Gasteiger charge is 2.12. The van der Waals surface area contributed by atoms with Gasteiger partial charge in [0.2, 0.25) is 5.91 Å². The molecule has 1 N–H and O–H groups in total. The summed E-state index contributed by atoms with van der Waals surface area (Å²) in [5, 5.41) is 9.29. The van der Waals surface area contributed by atoms with Crippen molar-refractivity contribution in [2.75, 3.05) is 19.5 Å². The van der Waals surface area contributed by atoms with E-state index < -0.39 is 0 Å². The first-order valence-electron chi connectivity index (χ1n) is 9.67. The Labute approximate surface area is 178 Å². The minimum absolute atomic E-state index is 0.216.